The number of likely N-dealkylation sites (tertiary alicyclic amines) is 1. The van der Waals surface area contributed by atoms with E-state index in [4.69, 9.17) is 28.5 Å². The van der Waals surface area contributed by atoms with Crippen LogP contribution in [0, 0.1) is 11.5 Å². The summed E-state index contributed by atoms with van der Waals surface area (Å²) in [5, 5.41) is 28.2. The fourth-order valence-corrected chi connectivity index (χ4v) is 5.79. The van der Waals surface area contributed by atoms with Crippen molar-refractivity contribution >= 4 is 52.5 Å². The third-order valence-corrected chi connectivity index (χ3v) is 7.82. The van der Waals surface area contributed by atoms with Crippen molar-refractivity contribution in [3.05, 3.63) is 69.0 Å². The lowest BCUT2D eigenvalue weighted by Crippen LogP contribution is -2.45. The van der Waals surface area contributed by atoms with E-state index in [1.807, 2.05) is 29.3 Å². The van der Waals surface area contributed by atoms with Gasteiger partial charge in [-0.2, -0.15) is 10.4 Å². The van der Waals surface area contributed by atoms with Crippen LogP contribution < -0.4 is 10.6 Å². The summed E-state index contributed by atoms with van der Waals surface area (Å²) in [7, 11) is 0. The summed E-state index contributed by atoms with van der Waals surface area (Å²) >= 11 is 13.1. The van der Waals surface area contributed by atoms with Crippen molar-refractivity contribution in [1.82, 2.24) is 30.0 Å². The van der Waals surface area contributed by atoms with E-state index >= 15 is 0 Å². The number of benzene rings is 1. The van der Waals surface area contributed by atoms with Crippen molar-refractivity contribution in [1.29, 1.82) is 5.26 Å². The van der Waals surface area contributed by atoms with Gasteiger partial charge in [-0.1, -0.05) is 29.3 Å². The fraction of sp³-hybridized carbons (Fsp3) is 0.333. The van der Waals surface area contributed by atoms with Gasteiger partial charge in [-0.15, -0.1) is 0 Å². The zero-order valence-electron chi connectivity index (χ0n) is 21.8. The van der Waals surface area contributed by atoms with Gasteiger partial charge in [0, 0.05) is 32.4 Å². The summed E-state index contributed by atoms with van der Waals surface area (Å²) in [6, 6.07) is 7.47. The van der Waals surface area contributed by atoms with Crippen molar-refractivity contribution in [2.45, 2.75) is 31.8 Å². The number of nitrogens with zero attached hydrogens (tertiary/aromatic N) is 6. The molecular formula is C27H26Cl2N8O4. The molecule has 0 aliphatic carbocycles. The van der Waals surface area contributed by atoms with Crippen molar-refractivity contribution < 1.29 is 19.5 Å². The van der Waals surface area contributed by atoms with E-state index in [9.17, 15) is 19.5 Å². The van der Waals surface area contributed by atoms with E-state index < -0.39 is 17.9 Å². The van der Waals surface area contributed by atoms with Crippen LogP contribution in [0.25, 0.3) is 5.52 Å². The summed E-state index contributed by atoms with van der Waals surface area (Å²) in [6.07, 6.45) is 5.82. The quantitative estimate of drug-likeness (QED) is 0.170. The molecule has 2 aliphatic rings. The Morgan fingerprint density at radius 3 is 2.63 bits per heavy atom. The maximum absolute atomic E-state index is 13.2. The van der Waals surface area contributed by atoms with Gasteiger partial charge in [0.2, 0.25) is 5.96 Å². The predicted molar refractivity (Wildman–Crippen MR) is 151 cm³/mol. The molecule has 2 aromatic heterocycles. The van der Waals surface area contributed by atoms with Crippen LogP contribution in [0.4, 0.5) is 0 Å². The number of nitrogens with one attached hydrogen (secondary N) is 2. The number of rotatable bonds is 6. The molecule has 1 fully saturated rings. The summed E-state index contributed by atoms with van der Waals surface area (Å²) in [4.78, 5) is 46.1. The maximum atomic E-state index is 13.2. The second-order valence-electron chi connectivity index (χ2n) is 9.72. The molecule has 0 spiro atoms. The number of fused-ring (bicyclic) bond motifs is 2. The average Bonchev–Trinajstić information content (AvgIpc) is 3.64. The fourth-order valence-electron chi connectivity index (χ4n) is 5.03. The highest BCUT2D eigenvalue weighted by molar-refractivity contribution is 6.40. The Morgan fingerprint density at radius 2 is 1.93 bits per heavy atom. The van der Waals surface area contributed by atoms with Crippen molar-refractivity contribution in [3.8, 4) is 6.19 Å². The van der Waals surface area contributed by atoms with Gasteiger partial charge in [-0.25, -0.2) is 14.3 Å². The molecule has 14 heteroatoms. The summed E-state index contributed by atoms with van der Waals surface area (Å²) in [6.45, 7) is 1.66. The van der Waals surface area contributed by atoms with E-state index in [0.29, 0.717) is 42.9 Å². The number of nitriles is 1. The first-order valence-electron chi connectivity index (χ1n) is 13.0. The molecule has 4 heterocycles. The molecule has 12 nitrogen and oxygen atoms in total. The Morgan fingerprint density at radius 1 is 1.15 bits per heavy atom. The first-order chi connectivity index (χ1) is 19.8. The third kappa shape index (κ3) is 5.91. The largest absolute Gasteiger partial charge is 0.480 e. The van der Waals surface area contributed by atoms with Gasteiger partial charge in [0.05, 0.1) is 27.7 Å². The van der Waals surface area contributed by atoms with Crippen molar-refractivity contribution in [2.75, 3.05) is 26.2 Å². The highest BCUT2D eigenvalue weighted by Crippen LogP contribution is 2.35. The number of carboxylic acid groups (broad SMARTS) is 1. The van der Waals surface area contributed by atoms with Gasteiger partial charge in [0.15, 0.2) is 11.9 Å². The standard InChI is InChI=1S/C27H26Cl2N8O4/c28-19-11-16-14-36(25(39)20-12-17-5-1-2-9-37(17)34-20)10-6-18(16)23(29)22(19)24(38)33-21(26(40)41)13-31-27(32-15-30)35-7-3-4-8-35/h1-2,5,9,11-12,21H,3-4,6-8,10,13-14H2,(H,31,32)(H,33,38)(H,40,41). The number of carboxylic acids is 1. The Balaban J connectivity index is 1.32. The number of guanidine groups is 1. The molecule has 41 heavy (non-hydrogen) atoms. The minimum absolute atomic E-state index is 0.0322. The molecule has 212 valence electrons. The Bertz CT molecular complexity index is 1560. The van der Waals surface area contributed by atoms with Gasteiger partial charge in [0.25, 0.3) is 11.8 Å². The molecular weight excluding hydrogens is 571 g/mol. The number of halogens is 2. The van der Waals surface area contributed by atoms with Gasteiger partial charge in [-0.05, 0) is 54.7 Å². The van der Waals surface area contributed by atoms with Crippen LogP contribution in [-0.4, -0.2) is 80.5 Å². The molecule has 2 aliphatic heterocycles. The number of pyridine rings is 1. The number of aliphatic imine (C=N–C) groups is 1. The molecule has 2 amide bonds. The number of carbonyl (C=O) groups is 3. The Labute approximate surface area is 245 Å². The lowest BCUT2D eigenvalue weighted by Gasteiger charge is -2.30. The zero-order valence-corrected chi connectivity index (χ0v) is 23.3. The smallest absolute Gasteiger partial charge is 0.328 e. The first kappa shape index (κ1) is 28.2. The van der Waals surface area contributed by atoms with Crippen LogP contribution >= 0.6 is 23.2 Å². The monoisotopic (exact) mass is 596 g/mol. The number of aliphatic carboxylic acids is 1. The second-order valence-corrected chi connectivity index (χ2v) is 10.5. The number of carbonyl (C=O) groups excluding carboxylic acids is 2. The van der Waals surface area contributed by atoms with Gasteiger partial charge < -0.3 is 20.2 Å². The third-order valence-electron chi connectivity index (χ3n) is 7.11. The highest BCUT2D eigenvalue weighted by Gasteiger charge is 2.30. The average molecular weight is 597 g/mol. The lowest BCUT2D eigenvalue weighted by molar-refractivity contribution is -0.138. The SMILES string of the molecule is N#CNC(=NCC(NC(=O)c1c(Cl)cc2c(c1Cl)CCN(C(=O)c1cc3ccccn3n1)C2)C(=O)O)N1CCCC1. The van der Waals surface area contributed by atoms with Crippen LogP contribution in [0.5, 0.6) is 0 Å². The van der Waals surface area contributed by atoms with E-state index in [0.717, 1.165) is 18.4 Å². The van der Waals surface area contributed by atoms with Gasteiger partial charge in [-0.3, -0.25) is 14.9 Å². The number of hydrogen-bond donors (Lipinski definition) is 3. The molecule has 5 rings (SSSR count). The Kier molecular flexibility index (Phi) is 8.28. The molecule has 1 aromatic carbocycles. The van der Waals surface area contributed by atoms with E-state index in [-0.39, 0.29) is 40.6 Å². The van der Waals surface area contributed by atoms with E-state index in [1.165, 1.54) is 0 Å². The lowest BCUT2D eigenvalue weighted by atomic mass is 9.96. The van der Waals surface area contributed by atoms with Crippen LogP contribution in [0.3, 0.4) is 0 Å². The Hall–Kier alpha value is -4.34. The van der Waals surface area contributed by atoms with Crippen LogP contribution in [-0.2, 0) is 17.8 Å². The van der Waals surface area contributed by atoms with E-state index in [2.05, 4.69) is 20.7 Å². The highest BCUT2D eigenvalue weighted by atomic mass is 35.5. The molecule has 1 unspecified atom stereocenters. The molecule has 0 saturated carbocycles. The molecule has 0 bridgehead atoms. The molecule has 1 saturated heterocycles. The zero-order chi connectivity index (χ0) is 29.1. The molecule has 3 N–H and O–H groups in total. The minimum Gasteiger partial charge on any atom is -0.480 e. The van der Waals surface area contributed by atoms with Crippen LogP contribution in [0.2, 0.25) is 10.0 Å². The maximum Gasteiger partial charge on any atom is 0.328 e. The number of hydrogen-bond acceptors (Lipinski definition) is 6. The summed E-state index contributed by atoms with van der Waals surface area (Å²) < 4.78 is 1.63. The van der Waals surface area contributed by atoms with E-state index in [1.54, 1.807) is 27.7 Å². The van der Waals surface area contributed by atoms with Crippen LogP contribution in [0.15, 0.2) is 41.5 Å². The molecule has 3 aromatic rings. The normalized spacial score (nSPS) is 15.8. The first-order valence-corrected chi connectivity index (χ1v) is 13.7. The number of amides is 2. The summed E-state index contributed by atoms with van der Waals surface area (Å²) in [5.74, 6) is -2.04. The topological polar surface area (TPSA) is 155 Å². The minimum atomic E-state index is -1.39. The van der Waals surface area contributed by atoms with Gasteiger partial charge >= 0.3 is 5.97 Å². The molecule has 1 atom stereocenters. The van der Waals surface area contributed by atoms with Gasteiger partial charge in [0.1, 0.15) is 6.04 Å². The number of aromatic nitrogens is 2. The van der Waals surface area contributed by atoms with Crippen molar-refractivity contribution in [3.63, 3.8) is 0 Å². The molecule has 0 radical (unpaired) electrons. The predicted octanol–water partition coefficient (Wildman–Crippen LogP) is 2.55. The van der Waals surface area contributed by atoms with Crippen LogP contribution in [0.1, 0.15) is 44.8 Å². The second kappa shape index (κ2) is 12.0. The summed E-state index contributed by atoms with van der Waals surface area (Å²) in [5.41, 5.74) is 2.43. The van der Waals surface area contributed by atoms with Crippen molar-refractivity contribution in [2.24, 2.45) is 4.99 Å².